The van der Waals surface area contributed by atoms with Crippen molar-refractivity contribution in [3.8, 4) is 0 Å². The first-order valence-corrected chi connectivity index (χ1v) is 7.28. The molecule has 0 saturated carbocycles. The van der Waals surface area contributed by atoms with Gasteiger partial charge in [0.25, 0.3) is 5.69 Å². The molecule has 2 rings (SSSR count). The van der Waals surface area contributed by atoms with Gasteiger partial charge < -0.3 is 5.32 Å². The van der Waals surface area contributed by atoms with Crippen LogP contribution in [0.25, 0.3) is 0 Å². The van der Waals surface area contributed by atoms with Crippen molar-refractivity contribution in [3.63, 3.8) is 0 Å². The van der Waals surface area contributed by atoms with E-state index in [1.54, 1.807) is 12.1 Å². The molecule has 1 N–H and O–H groups in total. The molecule has 0 bridgehead atoms. The second-order valence-electron chi connectivity index (χ2n) is 4.70. The number of nitro groups is 1. The maximum absolute atomic E-state index is 10.5. The molecule has 1 aliphatic heterocycles. The fraction of sp³-hybridized carbons (Fsp3) is 0.538. The molecule has 5 heteroatoms. The first-order chi connectivity index (χ1) is 8.65. The third-order valence-electron chi connectivity index (χ3n) is 3.19. The van der Waals surface area contributed by atoms with Gasteiger partial charge in [-0.3, -0.25) is 10.1 Å². The Morgan fingerprint density at radius 3 is 2.72 bits per heavy atom. The molecule has 18 heavy (non-hydrogen) atoms. The summed E-state index contributed by atoms with van der Waals surface area (Å²) in [5.74, 6) is 1.20. The van der Waals surface area contributed by atoms with E-state index in [0.29, 0.717) is 6.04 Å². The lowest BCUT2D eigenvalue weighted by molar-refractivity contribution is -0.384. The maximum Gasteiger partial charge on any atom is 0.269 e. The zero-order valence-corrected chi connectivity index (χ0v) is 11.3. The predicted octanol–water partition coefficient (Wildman–Crippen LogP) is 2.62. The largest absolute Gasteiger partial charge is 0.313 e. The van der Waals surface area contributed by atoms with E-state index in [1.165, 1.54) is 12.2 Å². The molecule has 4 nitrogen and oxygen atoms in total. The lowest BCUT2D eigenvalue weighted by Crippen LogP contribution is -2.30. The van der Waals surface area contributed by atoms with Crippen molar-refractivity contribution in [1.82, 2.24) is 5.32 Å². The summed E-state index contributed by atoms with van der Waals surface area (Å²) in [4.78, 5) is 10.2. The van der Waals surface area contributed by atoms with E-state index >= 15 is 0 Å². The van der Waals surface area contributed by atoms with Gasteiger partial charge in [0.05, 0.1) is 4.92 Å². The summed E-state index contributed by atoms with van der Waals surface area (Å²) in [6.45, 7) is 3.21. The SMILES string of the molecule is CC1CC(NCCc2ccc([N+](=O)[O-])cc2)CS1. The molecule has 1 aliphatic rings. The number of nitrogens with zero attached hydrogens (tertiary/aromatic N) is 1. The van der Waals surface area contributed by atoms with Crippen molar-refractivity contribution >= 4 is 17.4 Å². The van der Waals surface area contributed by atoms with Crippen LogP contribution in [0, 0.1) is 10.1 Å². The first kappa shape index (κ1) is 13.4. The number of hydrogen-bond donors (Lipinski definition) is 1. The van der Waals surface area contributed by atoms with Gasteiger partial charge in [0.2, 0.25) is 0 Å². The number of benzene rings is 1. The molecule has 1 fully saturated rings. The van der Waals surface area contributed by atoms with Crippen LogP contribution >= 0.6 is 11.8 Å². The van der Waals surface area contributed by atoms with Crippen LogP contribution in [-0.2, 0) is 6.42 Å². The van der Waals surface area contributed by atoms with E-state index in [9.17, 15) is 10.1 Å². The van der Waals surface area contributed by atoms with E-state index < -0.39 is 0 Å². The molecule has 1 aromatic rings. The van der Waals surface area contributed by atoms with Crippen molar-refractivity contribution in [3.05, 3.63) is 39.9 Å². The number of non-ortho nitro benzene ring substituents is 1. The van der Waals surface area contributed by atoms with Crippen LogP contribution in [0.1, 0.15) is 18.9 Å². The molecular formula is C13H18N2O2S. The van der Waals surface area contributed by atoms with Crippen LogP contribution in [0.2, 0.25) is 0 Å². The third kappa shape index (κ3) is 3.71. The minimum atomic E-state index is -0.362. The van der Waals surface area contributed by atoms with Crippen molar-refractivity contribution < 1.29 is 4.92 Å². The molecule has 98 valence electrons. The van der Waals surface area contributed by atoms with Gasteiger partial charge in [-0.05, 0) is 24.9 Å². The molecule has 0 aliphatic carbocycles. The summed E-state index contributed by atoms with van der Waals surface area (Å²) in [5, 5.41) is 14.8. The highest BCUT2D eigenvalue weighted by atomic mass is 32.2. The Labute approximate surface area is 111 Å². The standard InChI is InChI=1S/C13H18N2O2S/c1-10-8-12(9-18-10)14-7-6-11-2-4-13(5-3-11)15(16)17/h2-5,10,12,14H,6-9H2,1H3. The summed E-state index contributed by atoms with van der Waals surface area (Å²) < 4.78 is 0. The number of hydrogen-bond acceptors (Lipinski definition) is 4. The van der Waals surface area contributed by atoms with Crippen molar-refractivity contribution in [2.75, 3.05) is 12.3 Å². The second kappa shape index (κ2) is 6.20. The Morgan fingerprint density at radius 1 is 1.44 bits per heavy atom. The van der Waals surface area contributed by atoms with Gasteiger partial charge in [0.15, 0.2) is 0 Å². The second-order valence-corrected chi connectivity index (χ2v) is 6.18. The molecule has 1 heterocycles. The minimum Gasteiger partial charge on any atom is -0.313 e. The smallest absolute Gasteiger partial charge is 0.269 e. The van der Waals surface area contributed by atoms with Crippen molar-refractivity contribution in [1.29, 1.82) is 0 Å². The topological polar surface area (TPSA) is 55.2 Å². The molecule has 1 saturated heterocycles. The molecule has 0 radical (unpaired) electrons. The molecular weight excluding hydrogens is 248 g/mol. The van der Waals surface area contributed by atoms with E-state index in [2.05, 4.69) is 12.2 Å². The van der Waals surface area contributed by atoms with E-state index in [0.717, 1.165) is 23.8 Å². The summed E-state index contributed by atoms with van der Waals surface area (Å²) in [6.07, 6.45) is 2.17. The Hall–Kier alpha value is -1.07. The number of rotatable bonds is 5. The molecule has 0 aromatic heterocycles. The average Bonchev–Trinajstić information content (AvgIpc) is 2.76. The number of thioether (sulfide) groups is 1. The molecule has 2 atom stereocenters. The molecule has 2 unspecified atom stereocenters. The zero-order valence-electron chi connectivity index (χ0n) is 10.5. The quantitative estimate of drug-likeness (QED) is 0.657. The Balaban J connectivity index is 1.75. The molecule has 1 aromatic carbocycles. The van der Waals surface area contributed by atoms with Crippen LogP contribution in [0.3, 0.4) is 0 Å². The normalized spacial score (nSPS) is 23.2. The Kier molecular flexibility index (Phi) is 4.60. The van der Waals surface area contributed by atoms with Crippen LogP contribution in [0.15, 0.2) is 24.3 Å². The average molecular weight is 266 g/mol. The number of nitro benzene ring substituents is 1. The van der Waals surface area contributed by atoms with Crippen LogP contribution in [0.4, 0.5) is 5.69 Å². The van der Waals surface area contributed by atoms with Gasteiger partial charge in [-0.1, -0.05) is 19.1 Å². The highest BCUT2D eigenvalue weighted by Crippen LogP contribution is 2.25. The van der Waals surface area contributed by atoms with E-state index in [4.69, 9.17) is 0 Å². The summed E-state index contributed by atoms with van der Waals surface area (Å²) in [5.41, 5.74) is 1.31. The monoisotopic (exact) mass is 266 g/mol. The molecule has 0 spiro atoms. The summed E-state index contributed by atoms with van der Waals surface area (Å²) in [6, 6.07) is 7.45. The van der Waals surface area contributed by atoms with Crippen LogP contribution in [-0.4, -0.2) is 28.5 Å². The van der Waals surface area contributed by atoms with Crippen molar-refractivity contribution in [2.45, 2.75) is 31.1 Å². The fourth-order valence-electron chi connectivity index (χ4n) is 2.16. The van der Waals surface area contributed by atoms with E-state index in [-0.39, 0.29) is 10.6 Å². The summed E-state index contributed by atoms with van der Waals surface area (Å²) >= 11 is 2.02. The van der Waals surface area contributed by atoms with Crippen molar-refractivity contribution in [2.24, 2.45) is 0 Å². The van der Waals surface area contributed by atoms with Gasteiger partial charge in [-0.2, -0.15) is 11.8 Å². The Bertz CT molecular complexity index is 408. The lowest BCUT2D eigenvalue weighted by Gasteiger charge is -2.11. The van der Waals surface area contributed by atoms with Crippen LogP contribution in [0.5, 0.6) is 0 Å². The minimum absolute atomic E-state index is 0.160. The zero-order chi connectivity index (χ0) is 13.0. The van der Waals surface area contributed by atoms with Gasteiger partial charge in [0.1, 0.15) is 0 Å². The third-order valence-corrected chi connectivity index (χ3v) is 4.55. The molecule has 0 amide bonds. The highest BCUT2D eigenvalue weighted by Gasteiger charge is 2.20. The fourth-order valence-corrected chi connectivity index (χ4v) is 3.35. The van der Waals surface area contributed by atoms with Crippen LogP contribution < -0.4 is 5.32 Å². The van der Waals surface area contributed by atoms with Gasteiger partial charge in [-0.15, -0.1) is 0 Å². The predicted molar refractivity (Wildman–Crippen MR) is 75.1 cm³/mol. The first-order valence-electron chi connectivity index (χ1n) is 6.23. The summed E-state index contributed by atoms with van der Waals surface area (Å²) in [7, 11) is 0. The number of nitrogens with one attached hydrogen (secondary N) is 1. The van der Waals surface area contributed by atoms with Gasteiger partial charge >= 0.3 is 0 Å². The lowest BCUT2D eigenvalue weighted by atomic mass is 10.1. The van der Waals surface area contributed by atoms with E-state index in [1.807, 2.05) is 23.9 Å². The Morgan fingerprint density at radius 2 is 2.17 bits per heavy atom. The van der Waals surface area contributed by atoms with Gasteiger partial charge in [0, 0.05) is 29.2 Å². The van der Waals surface area contributed by atoms with Gasteiger partial charge in [-0.25, -0.2) is 0 Å². The maximum atomic E-state index is 10.5. The highest BCUT2D eigenvalue weighted by molar-refractivity contribution is 8.00.